The molecule has 0 saturated heterocycles. The van der Waals surface area contributed by atoms with Gasteiger partial charge in [-0.05, 0) is 51.1 Å². The van der Waals surface area contributed by atoms with Gasteiger partial charge in [0.05, 0.1) is 11.2 Å². The first-order valence-electron chi connectivity index (χ1n) is 8.09. The molecule has 1 aliphatic heterocycles. The van der Waals surface area contributed by atoms with Crippen LogP contribution in [0.15, 0.2) is 16.9 Å². The summed E-state index contributed by atoms with van der Waals surface area (Å²) in [6, 6.07) is 4.35. The maximum absolute atomic E-state index is 12.9. The van der Waals surface area contributed by atoms with Crippen LogP contribution in [0.4, 0.5) is 5.69 Å². The molecule has 0 saturated carbocycles. The van der Waals surface area contributed by atoms with Crippen LogP contribution in [0.1, 0.15) is 23.1 Å². The zero-order chi connectivity index (χ0) is 16.6. The van der Waals surface area contributed by atoms with Gasteiger partial charge in [-0.2, -0.15) is 0 Å². The lowest BCUT2D eigenvalue weighted by Crippen LogP contribution is -2.29. The fourth-order valence-electron chi connectivity index (χ4n) is 3.53. The number of fused-ring (bicyclic) bond motifs is 3. The lowest BCUT2D eigenvalue weighted by atomic mass is 9.97. The van der Waals surface area contributed by atoms with Crippen LogP contribution in [0.3, 0.4) is 0 Å². The predicted molar refractivity (Wildman–Crippen MR) is 94.2 cm³/mol. The molecule has 0 aliphatic carbocycles. The molecule has 0 amide bonds. The highest BCUT2D eigenvalue weighted by molar-refractivity contribution is 5.96. The van der Waals surface area contributed by atoms with Gasteiger partial charge in [0.1, 0.15) is 6.73 Å². The molecule has 0 bridgehead atoms. The smallest absolute Gasteiger partial charge is 0.258 e. The van der Waals surface area contributed by atoms with Crippen molar-refractivity contribution in [2.75, 3.05) is 33.1 Å². The summed E-state index contributed by atoms with van der Waals surface area (Å²) in [5.41, 5.74) is 5.36. The third-order valence-electron chi connectivity index (χ3n) is 4.38. The van der Waals surface area contributed by atoms with Crippen LogP contribution in [-0.2, 0) is 24.4 Å². The topological polar surface area (TPSA) is 46.5 Å². The van der Waals surface area contributed by atoms with Gasteiger partial charge in [0.15, 0.2) is 0 Å². The monoisotopic (exact) mass is 315 g/mol. The van der Waals surface area contributed by atoms with E-state index in [1.165, 1.54) is 11.1 Å². The van der Waals surface area contributed by atoms with E-state index in [1.54, 1.807) is 11.7 Å². The Bertz CT molecular complexity index is 793. The summed E-state index contributed by atoms with van der Waals surface area (Å²) in [6.07, 6.45) is 1.83. The molecular weight excluding hydrogens is 290 g/mol. The molecule has 0 atom stereocenters. The fraction of sp³-hybridized carbons (Fsp3) is 0.500. The highest BCUT2D eigenvalue weighted by atomic mass is 16.5. The number of nitrogens with one attached hydrogen (secondary N) is 1. The number of benzene rings is 1. The molecule has 5 nitrogen and oxygen atoms in total. The fourth-order valence-corrected chi connectivity index (χ4v) is 3.53. The average Bonchev–Trinajstić information content (AvgIpc) is 2.50. The van der Waals surface area contributed by atoms with Gasteiger partial charge in [-0.25, -0.2) is 0 Å². The molecule has 1 N–H and O–H groups in total. The molecule has 0 radical (unpaired) electrons. The number of methoxy groups -OCH3 is 1. The molecule has 1 aliphatic rings. The maximum Gasteiger partial charge on any atom is 0.258 e. The Hall–Kier alpha value is -1.85. The van der Waals surface area contributed by atoms with Gasteiger partial charge in [-0.15, -0.1) is 0 Å². The van der Waals surface area contributed by atoms with Crippen LogP contribution in [0.5, 0.6) is 0 Å². The summed E-state index contributed by atoms with van der Waals surface area (Å²) < 4.78 is 7.07. The molecule has 5 heteroatoms. The minimum absolute atomic E-state index is 0.0722. The van der Waals surface area contributed by atoms with Crippen molar-refractivity contribution in [2.24, 2.45) is 0 Å². The van der Waals surface area contributed by atoms with Gasteiger partial charge in [-0.1, -0.05) is 6.07 Å². The van der Waals surface area contributed by atoms with E-state index in [-0.39, 0.29) is 12.3 Å². The first kappa shape index (κ1) is 16.0. The quantitative estimate of drug-likeness (QED) is 0.941. The van der Waals surface area contributed by atoms with Crippen molar-refractivity contribution >= 4 is 16.6 Å². The molecule has 3 rings (SSSR count). The Morgan fingerprint density at radius 2 is 2.13 bits per heavy atom. The standard InChI is InChI=1S/C18H25N3O2/c1-12-8-13(10-20(2)3)9-15-16(12)17-14(6-5-7-19-17)18(22)21(15)11-23-4/h8-9,19H,5-7,10-11H2,1-4H3. The van der Waals surface area contributed by atoms with E-state index in [9.17, 15) is 4.79 Å². The Balaban J connectivity index is 2.34. The van der Waals surface area contributed by atoms with Gasteiger partial charge in [0, 0.05) is 31.1 Å². The number of ether oxygens (including phenoxy) is 1. The predicted octanol–water partition coefficient (Wildman–Crippen LogP) is 2.33. The first-order valence-corrected chi connectivity index (χ1v) is 8.09. The van der Waals surface area contributed by atoms with Crippen LogP contribution in [0, 0.1) is 6.92 Å². The van der Waals surface area contributed by atoms with Gasteiger partial charge in [0.25, 0.3) is 5.56 Å². The lowest BCUT2D eigenvalue weighted by Gasteiger charge is -2.24. The van der Waals surface area contributed by atoms with Gasteiger partial charge >= 0.3 is 0 Å². The molecule has 1 aromatic heterocycles. The van der Waals surface area contributed by atoms with Crippen LogP contribution in [-0.4, -0.2) is 37.2 Å². The Labute approximate surface area is 136 Å². The van der Waals surface area contributed by atoms with Gasteiger partial charge in [0.2, 0.25) is 0 Å². The molecule has 2 heterocycles. The third-order valence-corrected chi connectivity index (χ3v) is 4.38. The number of aryl methyl sites for hydroxylation is 1. The summed E-state index contributed by atoms with van der Waals surface area (Å²) in [4.78, 5) is 15.0. The number of aromatic nitrogens is 1. The number of nitrogens with zero attached hydrogens (tertiary/aromatic N) is 2. The number of anilines is 1. The number of pyridine rings is 1. The maximum atomic E-state index is 12.9. The number of hydrogen-bond acceptors (Lipinski definition) is 4. The summed E-state index contributed by atoms with van der Waals surface area (Å²) in [5, 5.41) is 4.60. The highest BCUT2D eigenvalue weighted by Crippen LogP contribution is 2.32. The molecule has 0 unspecified atom stereocenters. The van der Waals surface area contributed by atoms with Crippen molar-refractivity contribution < 1.29 is 4.74 Å². The van der Waals surface area contributed by atoms with Gasteiger partial charge in [-0.3, -0.25) is 9.36 Å². The highest BCUT2D eigenvalue weighted by Gasteiger charge is 2.21. The SMILES string of the molecule is COCn1c(=O)c2c(c3c(C)cc(CN(C)C)cc31)NCCC2. The third kappa shape index (κ3) is 2.86. The average molecular weight is 315 g/mol. The Morgan fingerprint density at radius 3 is 2.83 bits per heavy atom. The largest absolute Gasteiger partial charge is 0.384 e. The van der Waals surface area contributed by atoms with Crippen molar-refractivity contribution in [3.63, 3.8) is 0 Å². The summed E-state index contributed by atoms with van der Waals surface area (Å²) in [6.45, 7) is 4.18. The molecular formula is C18H25N3O2. The second kappa shape index (κ2) is 6.34. The van der Waals surface area contributed by atoms with Crippen LogP contribution in [0.25, 0.3) is 10.9 Å². The molecule has 23 heavy (non-hydrogen) atoms. The van der Waals surface area contributed by atoms with Gasteiger partial charge < -0.3 is 15.0 Å². The molecule has 0 spiro atoms. The Morgan fingerprint density at radius 1 is 1.35 bits per heavy atom. The first-order chi connectivity index (χ1) is 11.0. The molecule has 2 aromatic rings. The second-order valence-electron chi connectivity index (χ2n) is 6.58. The number of hydrogen-bond donors (Lipinski definition) is 1. The van der Waals surface area contributed by atoms with Crippen LogP contribution in [0.2, 0.25) is 0 Å². The van der Waals surface area contributed by atoms with E-state index in [0.717, 1.165) is 48.1 Å². The van der Waals surface area contributed by atoms with Crippen molar-refractivity contribution in [3.05, 3.63) is 39.2 Å². The van der Waals surface area contributed by atoms with Crippen LogP contribution >= 0.6 is 0 Å². The van der Waals surface area contributed by atoms with E-state index in [2.05, 4.69) is 43.4 Å². The van der Waals surface area contributed by atoms with E-state index in [1.807, 2.05) is 0 Å². The molecule has 124 valence electrons. The van der Waals surface area contributed by atoms with Crippen LogP contribution < -0.4 is 10.9 Å². The van der Waals surface area contributed by atoms with E-state index in [0.29, 0.717) is 0 Å². The zero-order valence-corrected chi connectivity index (χ0v) is 14.4. The van der Waals surface area contributed by atoms with Crippen molar-refractivity contribution in [2.45, 2.75) is 33.0 Å². The number of rotatable bonds is 4. The summed E-state index contributed by atoms with van der Waals surface area (Å²) >= 11 is 0. The van der Waals surface area contributed by atoms with E-state index in [4.69, 9.17) is 4.74 Å². The lowest BCUT2D eigenvalue weighted by molar-refractivity contribution is 0.131. The molecule has 0 fully saturated rings. The van der Waals surface area contributed by atoms with E-state index < -0.39 is 0 Å². The summed E-state index contributed by atoms with van der Waals surface area (Å²) in [7, 11) is 5.73. The van der Waals surface area contributed by atoms with Crippen molar-refractivity contribution in [1.82, 2.24) is 9.47 Å². The minimum Gasteiger partial charge on any atom is -0.384 e. The minimum atomic E-state index is 0.0722. The van der Waals surface area contributed by atoms with Crippen molar-refractivity contribution in [1.29, 1.82) is 0 Å². The van der Waals surface area contributed by atoms with Crippen molar-refractivity contribution in [3.8, 4) is 0 Å². The molecule has 1 aromatic carbocycles. The normalized spacial score (nSPS) is 14.1. The second-order valence-corrected chi connectivity index (χ2v) is 6.58. The summed E-state index contributed by atoms with van der Waals surface area (Å²) in [5.74, 6) is 0. The Kier molecular flexibility index (Phi) is 4.41. The zero-order valence-electron chi connectivity index (χ0n) is 14.4. The van der Waals surface area contributed by atoms with E-state index >= 15 is 0 Å².